The number of carbonyl (C=O) groups excluding carboxylic acids is 2. The Kier molecular flexibility index (Phi) is 7.94. The second-order valence-electron chi connectivity index (χ2n) is 8.68. The zero-order valence-electron chi connectivity index (χ0n) is 19.2. The molecule has 2 amide bonds. The molecule has 0 saturated carbocycles. The lowest BCUT2D eigenvalue weighted by Gasteiger charge is -2.34. The molecule has 0 spiro atoms. The smallest absolute Gasteiger partial charge is 0.269 e. The van der Waals surface area contributed by atoms with Gasteiger partial charge in [-0.15, -0.1) is 0 Å². The summed E-state index contributed by atoms with van der Waals surface area (Å²) in [6.07, 6.45) is 1.73. The fourth-order valence-electron chi connectivity index (χ4n) is 4.24. The van der Waals surface area contributed by atoms with E-state index in [1.165, 1.54) is 34.1 Å². The Hall–Kier alpha value is -2.79. The average Bonchev–Trinajstić information content (AvgIpc) is 3.41. The third-order valence-electron chi connectivity index (χ3n) is 6.22. The van der Waals surface area contributed by atoms with Crippen LogP contribution in [0.3, 0.4) is 0 Å². The van der Waals surface area contributed by atoms with Gasteiger partial charge in [0.1, 0.15) is 0 Å². The number of benzene rings is 2. The van der Waals surface area contributed by atoms with Crippen LogP contribution in [0.4, 0.5) is 0 Å². The summed E-state index contributed by atoms with van der Waals surface area (Å²) in [5.74, 6) is -0.788. The number of piperazine rings is 1. The SMILES string of the molecule is O=C(CN1CCN(Cc2ccccc2)CC1)NNC(=O)c1ccc(S(=O)(=O)N2CCCC2)cc1. The average molecular weight is 486 g/mol. The van der Waals surface area contributed by atoms with Gasteiger partial charge < -0.3 is 0 Å². The Bertz CT molecular complexity index is 1080. The van der Waals surface area contributed by atoms with Crippen LogP contribution in [0.5, 0.6) is 0 Å². The molecule has 0 radical (unpaired) electrons. The summed E-state index contributed by atoms with van der Waals surface area (Å²) < 4.78 is 26.6. The van der Waals surface area contributed by atoms with Crippen LogP contribution in [-0.4, -0.2) is 80.2 Å². The molecule has 4 rings (SSSR count). The fourth-order valence-corrected chi connectivity index (χ4v) is 5.76. The third kappa shape index (κ3) is 6.20. The Balaban J connectivity index is 1.19. The van der Waals surface area contributed by atoms with Crippen molar-refractivity contribution in [3.05, 3.63) is 65.7 Å². The molecule has 2 heterocycles. The molecule has 2 saturated heterocycles. The number of hydrogen-bond donors (Lipinski definition) is 2. The van der Waals surface area contributed by atoms with Crippen LogP contribution in [0.1, 0.15) is 28.8 Å². The van der Waals surface area contributed by atoms with E-state index in [1.807, 2.05) is 18.2 Å². The molecule has 0 unspecified atom stereocenters. The van der Waals surface area contributed by atoms with Gasteiger partial charge in [-0.2, -0.15) is 4.31 Å². The maximum Gasteiger partial charge on any atom is 0.269 e. The van der Waals surface area contributed by atoms with Crippen molar-refractivity contribution in [2.24, 2.45) is 0 Å². The topological polar surface area (TPSA) is 102 Å². The number of amides is 2. The first-order chi connectivity index (χ1) is 16.4. The summed E-state index contributed by atoms with van der Waals surface area (Å²) in [5, 5.41) is 0. The molecule has 34 heavy (non-hydrogen) atoms. The van der Waals surface area contributed by atoms with Gasteiger partial charge in [0.2, 0.25) is 10.0 Å². The molecule has 0 aromatic heterocycles. The monoisotopic (exact) mass is 485 g/mol. The summed E-state index contributed by atoms with van der Waals surface area (Å²) >= 11 is 0. The van der Waals surface area contributed by atoms with Crippen LogP contribution in [0.25, 0.3) is 0 Å². The number of sulfonamides is 1. The van der Waals surface area contributed by atoms with E-state index in [2.05, 4.69) is 32.8 Å². The first-order valence-electron chi connectivity index (χ1n) is 11.6. The number of hydrazine groups is 1. The summed E-state index contributed by atoms with van der Waals surface area (Å²) in [4.78, 5) is 29.2. The third-order valence-corrected chi connectivity index (χ3v) is 8.13. The van der Waals surface area contributed by atoms with E-state index in [0.29, 0.717) is 13.1 Å². The highest BCUT2D eigenvalue weighted by atomic mass is 32.2. The zero-order valence-corrected chi connectivity index (χ0v) is 20.0. The Labute approximate surface area is 200 Å². The minimum atomic E-state index is -3.52. The molecular formula is C24H31N5O4S. The van der Waals surface area contributed by atoms with Crippen LogP contribution in [-0.2, 0) is 21.4 Å². The van der Waals surface area contributed by atoms with Crippen molar-refractivity contribution in [1.29, 1.82) is 0 Å². The maximum absolute atomic E-state index is 12.6. The number of nitrogens with one attached hydrogen (secondary N) is 2. The van der Waals surface area contributed by atoms with E-state index in [-0.39, 0.29) is 22.9 Å². The van der Waals surface area contributed by atoms with Gasteiger partial charge in [-0.05, 0) is 42.7 Å². The van der Waals surface area contributed by atoms with Crippen molar-refractivity contribution >= 4 is 21.8 Å². The van der Waals surface area contributed by atoms with Crippen LogP contribution in [0.2, 0.25) is 0 Å². The largest absolute Gasteiger partial charge is 0.297 e. The highest BCUT2D eigenvalue weighted by Gasteiger charge is 2.27. The number of rotatable bonds is 7. The molecule has 182 valence electrons. The molecule has 10 heteroatoms. The lowest BCUT2D eigenvalue weighted by Crippen LogP contribution is -2.51. The standard InChI is InChI=1S/C24H31N5O4S/c30-23(19-28-16-14-27(15-17-28)18-20-6-2-1-3-7-20)25-26-24(31)21-8-10-22(11-9-21)34(32,33)29-12-4-5-13-29/h1-3,6-11H,4-5,12-19H2,(H,25,30)(H,26,31). The molecule has 0 atom stereocenters. The lowest BCUT2D eigenvalue weighted by atomic mass is 10.2. The molecule has 2 N–H and O–H groups in total. The van der Waals surface area contributed by atoms with Crippen molar-refractivity contribution in [1.82, 2.24) is 25.0 Å². The zero-order chi connectivity index (χ0) is 24.0. The van der Waals surface area contributed by atoms with Crippen LogP contribution in [0.15, 0.2) is 59.5 Å². The summed E-state index contributed by atoms with van der Waals surface area (Å²) in [7, 11) is -3.52. The van der Waals surface area contributed by atoms with Gasteiger partial charge in [0, 0.05) is 51.4 Å². The number of hydrogen-bond acceptors (Lipinski definition) is 6. The van der Waals surface area contributed by atoms with E-state index in [4.69, 9.17) is 0 Å². The molecule has 9 nitrogen and oxygen atoms in total. The minimum Gasteiger partial charge on any atom is -0.297 e. The van der Waals surface area contributed by atoms with Crippen molar-refractivity contribution in [3.63, 3.8) is 0 Å². The van der Waals surface area contributed by atoms with Crippen LogP contribution >= 0.6 is 0 Å². The Morgan fingerprint density at radius 3 is 2.03 bits per heavy atom. The predicted molar refractivity (Wildman–Crippen MR) is 128 cm³/mol. The Morgan fingerprint density at radius 1 is 0.765 bits per heavy atom. The number of carbonyl (C=O) groups is 2. The van der Waals surface area contributed by atoms with E-state index in [9.17, 15) is 18.0 Å². The Morgan fingerprint density at radius 2 is 1.38 bits per heavy atom. The first-order valence-corrected chi connectivity index (χ1v) is 13.0. The molecule has 0 bridgehead atoms. The minimum absolute atomic E-state index is 0.168. The van der Waals surface area contributed by atoms with Crippen LogP contribution in [0, 0.1) is 0 Å². The first kappa shape index (κ1) is 24.3. The normalized spacial score (nSPS) is 18.0. The van der Waals surface area contributed by atoms with Crippen molar-refractivity contribution in [3.8, 4) is 0 Å². The summed E-state index contributed by atoms with van der Waals surface area (Å²) in [5.41, 5.74) is 6.41. The van der Waals surface area contributed by atoms with Crippen LogP contribution < -0.4 is 10.9 Å². The van der Waals surface area contributed by atoms with E-state index in [1.54, 1.807) is 0 Å². The van der Waals surface area contributed by atoms with Gasteiger partial charge in [0.15, 0.2) is 0 Å². The molecule has 2 aliphatic heterocycles. The van der Waals surface area contributed by atoms with Gasteiger partial charge in [-0.1, -0.05) is 30.3 Å². The van der Waals surface area contributed by atoms with E-state index in [0.717, 1.165) is 45.6 Å². The fraction of sp³-hybridized carbons (Fsp3) is 0.417. The van der Waals surface area contributed by atoms with Crippen molar-refractivity contribution in [2.75, 3.05) is 45.8 Å². The molecule has 0 aliphatic carbocycles. The molecule has 2 aliphatic rings. The van der Waals surface area contributed by atoms with Gasteiger partial charge >= 0.3 is 0 Å². The van der Waals surface area contributed by atoms with Gasteiger partial charge in [0.25, 0.3) is 11.8 Å². The molecule has 2 aromatic rings. The second kappa shape index (κ2) is 11.1. The van der Waals surface area contributed by atoms with Crippen molar-refractivity contribution < 1.29 is 18.0 Å². The summed E-state index contributed by atoms with van der Waals surface area (Å²) in [6, 6.07) is 16.1. The van der Waals surface area contributed by atoms with E-state index >= 15 is 0 Å². The van der Waals surface area contributed by atoms with E-state index < -0.39 is 15.9 Å². The second-order valence-corrected chi connectivity index (χ2v) is 10.6. The molecule has 2 fully saturated rings. The predicted octanol–water partition coefficient (Wildman–Crippen LogP) is 1.05. The highest BCUT2D eigenvalue weighted by molar-refractivity contribution is 7.89. The quantitative estimate of drug-likeness (QED) is 0.569. The van der Waals surface area contributed by atoms with Gasteiger partial charge in [0.05, 0.1) is 11.4 Å². The number of nitrogens with zero attached hydrogens (tertiary/aromatic N) is 3. The van der Waals surface area contributed by atoms with Gasteiger partial charge in [-0.25, -0.2) is 8.42 Å². The lowest BCUT2D eigenvalue weighted by molar-refractivity contribution is -0.123. The highest BCUT2D eigenvalue weighted by Crippen LogP contribution is 2.21. The maximum atomic E-state index is 12.6. The van der Waals surface area contributed by atoms with Crippen molar-refractivity contribution in [2.45, 2.75) is 24.3 Å². The summed E-state index contributed by atoms with van der Waals surface area (Å²) in [6.45, 7) is 5.46. The molecular weight excluding hydrogens is 454 g/mol. The molecule has 2 aromatic carbocycles. The van der Waals surface area contributed by atoms with Gasteiger partial charge in [-0.3, -0.25) is 30.2 Å².